The van der Waals surface area contributed by atoms with Gasteiger partial charge in [-0.3, -0.25) is 24.3 Å². The lowest BCUT2D eigenvalue weighted by molar-refractivity contribution is -0.385. The molecule has 0 spiro atoms. The molecule has 1 aromatic carbocycles. The van der Waals surface area contributed by atoms with Gasteiger partial charge in [-0.15, -0.1) is 10.2 Å². The van der Waals surface area contributed by atoms with Crippen molar-refractivity contribution in [1.29, 1.82) is 0 Å². The molecule has 12 nitrogen and oxygen atoms in total. The molecular formula is C15H12ClN7O5S. The minimum Gasteiger partial charge on any atom is -0.320 e. The number of halogens is 1. The van der Waals surface area contributed by atoms with E-state index in [0.717, 1.165) is 10.9 Å². The number of anilines is 2. The number of nitrogens with zero attached hydrogens (tertiary/aromatic N) is 5. The molecule has 0 aliphatic carbocycles. The third-order valence-corrected chi connectivity index (χ3v) is 5.20. The maximum Gasteiger partial charge on any atom is 0.320 e. The third kappa shape index (κ3) is 4.47. The van der Waals surface area contributed by atoms with Gasteiger partial charge < -0.3 is 5.32 Å². The van der Waals surface area contributed by atoms with Crippen LogP contribution in [-0.2, 0) is 17.1 Å². The number of hydrogen-bond acceptors (Lipinski definition) is 8. The van der Waals surface area contributed by atoms with Crippen LogP contribution in [0.4, 0.5) is 17.2 Å². The highest BCUT2D eigenvalue weighted by Gasteiger charge is 2.25. The molecule has 2 heterocycles. The number of aromatic nitrogens is 4. The highest BCUT2D eigenvalue weighted by atomic mass is 35.5. The first-order valence-electron chi connectivity index (χ1n) is 7.77. The van der Waals surface area contributed by atoms with Crippen LogP contribution < -0.4 is 10.0 Å². The largest absolute Gasteiger partial charge is 0.320 e. The minimum absolute atomic E-state index is 0.0182. The lowest BCUT2D eigenvalue weighted by atomic mass is 10.3. The van der Waals surface area contributed by atoms with Crippen LogP contribution in [0.5, 0.6) is 0 Å². The van der Waals surface area contributed by atoms with Gasteiger partial charge >= 0.3 is 5.69 Å². The number of sulfonamides is 1. The Bertz CT molecular complexity index is 1180. The van der Waals surface area contributed by atoms with Crippen LogP contribution in [0, 0.1) is 10.1 Å². The van der Waals surface area contributed by atoms with Crippen molar-refractivity contribution < 1.29 is 18.1 Å². The number of benzene rings is 1. The quantitative estimate of drug-likeness (QED) is 0.435. The molecule has 0 aliphatic rings. The first-order chi connectivity index (χ1) is 13.7. The standard InChI is InChI=1S/C15H12ClN7O5S/c1-22-14(11(8-17-22)23(25)26)15(24)18-9-2-4-10(5-3-9)29(27,28)21-13-7-6-12(16)19-20-13/h2-8H,1H3,(H,18,24)(H,20,21). The highest BCUT2D eigenvalue weighted by molar-refractivity contribution is 7.92. The van der Waals surface area contributed by atoms with Gasteiger partial charge in [0, 0.05) is 12.7 Å². The average molecular weight is 438 g/mol. The lowest BCUT2D eigenvalue weighted by Crippen LogP contribution is -2.18. The highest BCUT2D eigenvalue weighted by Crippen LogP contribution is 2.21. The average Bonchev–Trinajstić information content (AvgIpc) is 3.06. The monoisotopic (exact) mass is 437 g/mol. The smallest absolute Gasteiger partial charge is 0.320 e. The van der Waals surface area contributed by atoms with E-state index in [9.17, 15) is 23.3 Å². The van der Waals surface area contributed by atoms with Crippen LogP contribution >= 0.6 is 11.6 Å². The van der Waals surface area contributed by atoms with Crippen LogP contribution in [0.2, 0.25) is 5.15 Å². The normalized spacial score (nSPS) is 11.1. The van der Waals surface area contributed by atoms with E-state index in [1.165, 1.54) is 43.4 Å². The van der Waals surface area contributed by atoms with E-state index in [1.807, 2.05) is 0 Å². The molecule has 29 heavy (non-hydrogen) atoms. The Labute approximate surface area is 168 Å². The molecule has 2 aromatic heterocycles. The molecule has 1 amide bonds. The van der Waals surface area contributed by atoms with Gasteiger partial charge in [0.15, 0.2) is 11.0 Å². The maximum atomic E-state index is 12.4. The summed E-state index contributed by atoms with van der Waals surface area (Å²) in [5.74, 6) is -0.780. The first-order valence-corrected chi connectivity index (χ1v) is 9.63. The molecule has 0 atom stereocenters. The summed E-state index contributed by atoms with van der Waals surface area (Å²) >= 11 is 5.60. The van der Waals surface area contributed by atoms with Crippen LogP contribution in [0.25, 0.3) is 0 Å². The van der Waals surface area contributed by atoms with E-state index in [-0.39, 0.29) is 27.2 Å². The van der Waals surface area contributed by atoms with Gasteiger partial charge in [-0.25, -0.2) is 8.42 Å². The zero-order chi connectivity index (χ0) is 21.2. The second kappa shape index (κ2) is 7.81. The maximum absolute atomic E-state index is 12.4. The fourth-order valence-corrected chi connectivity index (χ4v) is 3.39. The number of nitro groups is 1. The van der Waals surface area contributed by atoms with E-state index < -0.39 is 26.5 Å². The van der Waals surface area contributed by atoms with Gasteiger partial charge in [0.25, 0.3) is 15.9 Å². The predicted octanol–water partition coefficient (Wildman–Crippen LogP) is 1.82. The van der Waals surface area contributed by atoms with Gasteiger partial charge in [-0.05, 0) is 36.4 Å². The van der Waals surface area contributed by atoms with Crippen molar-refractivity contribution in [3.05, 3.63) is 63.6 Å². The molecule has 0 fully saturated rings. The van der Waals surface area contributed by atoms with Gasteiger partial charge in [0.1, 0.15) is 6.20 Å². The van der Waals surface area contributed by atoms with Crippen LogP contribution in [0.3, 0.4) is 0 Å². The van der Waals surface area contributed by atoms with Crippen LogP contribution in [-0.4, -0.2) is 39.2 Å². The molecule has 3 rings (SSSR count). The van der Waals surface area contributed by atoms with Crippen molar-refractivity contribution in [3.63, 3.8) is 0 Å². The zero-order valence-electron chi connectivity index (χ0n) is 14.6. The molecule has 0 unspecified atom stereocenters. The van der Waals surface area contributed by atoms with Crippen molar-refractivity contribution >= 4 is 44.7 Å². The van der Waals surface area contributed by atoms with Crippen molar-refractivity contribution in [1.82, 2.24) is 20.0 Å². The zero-order valence-corrected chi connectivity index (χ0v) is 16.2. The Hall–Kier alpha value is -3.58. The summed E-state index contributed by atoms with van der Waals surface area (Å²) in [6.45, 7) is 0. The van der Waals surface area contributed by atoms with Crippen LogP contribution in [0.1, 0.15) is 10.5 Å². The SMILES string of the molecule is Cn1ncc([N+](=O)[O-])c1C(=O)Nc1ccc(S(=O)(=O)Nc2ccc(Cl)nn2)cc1. The fourth-order valence-electron chi connectivity index (χ4n) is 2.30. The molecule has 14 heteroatoms. The molecule has 0 aliphatic heterocycles. The molecule has 0 saturated heterocycles. The van der Waals surface area contributed by atoms with Gasteiger partial charge in [-0.2, -0.15) is 5.10 Å². The Balaban J connectivity index is 1.76. The number of rotatable bonds is 6. The number of amides is 1. The first kappa shape index (κ1) is 20.2. The Morgan fingerprint density at radius 1 is 1.17 bits per heavy atom. The number of nitrogens with one attached hydrogen (secondary N) is 2. The van der Waals surface area contributed by atoms with E-state index in [2.05, 4.69) is 25.3 Å². The predicted molar refractivity (Wildman–Crippen MR) is 102 cm³/mol. The summed E-state index contributed by atoms with van der Waals surface area (Å²) in [5, 5.41) is 24.4. The molecule has 2 N–H and O–H groups in total. The lowest BCUT2D eigenvalue weighted by Gasteiger charge is -2.09. The van der Waals surface area contributed by atoms with Crippen molar-refractivity contribution in [2.45, 2.75) is 4.90 Å². The fraction of sp³-hybridized carbons (Fsp3) is 0.0667. The second-order valence-electron chi connectivity index (χ2n) is 5.58. The van der Waals surface area contributed by atoms with Crippen molar-refractivity contribution in [2.75, 3.05) is 10.0 Å². The van der Waals surface area contributed by atoms with Crippen LogP contribution in [0.15, 0.2) is 47.5 Å². The van der Waals surface area contributed by atoms with Crippen molar-refractivity contribution in [2.24, 2.45) is 7.05 Å². The number of aryl methyl sites for hydroxylation is 1. The second-order valence-corrected chi connectivity index (χ2v) is 7.65. The number of carbonyl (C=O) groups is 1. The van der Waals surface area contributed by atoms with Gasteiger partial charge in [0.05, 0.1) is 9.82 Å². The van der Waals surface area contributed by atoms with Gasteiger partial charge in [0.2, 0.25) is 5.69 Å². The molecule has 0 bridgehead atoms. The molecule has 0 radical (unpaired) electrons. The van der Waals surface area contributed by atoms with Crippen molar-refractivity contribution in [3.8, 4) is 0 Å². The summed E-state index contributed by atoms with van der Waals surface area (Å²) in [6.07, 6.45) is 0.968. The minimum atomic E-state index is -3.95. The molecular weight excluding hydrogens is 426 g/mol. The summed E-state index contributed by atoms with van der Waals surface area (Å²) in [7, 11) is -2.56. The van der Waals surface area contributed by atoms with E-state index in [0.29, 0.717) is 0 Å². The summed E-state index contributed by atoms with van der Waals surface area (Å²) in [5.41, 5.74) is -0.456. The number of carbonyl (C=O) groups excluding carboxylic acids is 1. The molecule has 0 saturated carbocycles. The Kier molecular flexibility index (Phi) is 5.43. The van der Waals surface area contributed by atoms with E-state index in [4.69, 9.17) is 11.6 Å². The van der Waals surface area contributed by atoms with E-state index in [1.54, 1.807) is 0 Å². The summed E-state index contributed by atoms with van der Waals surface area (Å²) < 4.78 is 28.1. The Morgan fingerprint density at radius 2 is 1.86 bits per heavy atom. The van der Waals surface area contributed by atoms with Gasteiger partial charge in [-0.1, -0.05) is 11.6 Å². The topological polar surface area (TPSA) is 162 Å². The molecule has 150 valence electrons. The summed E-state index contributed by atoms with van der Waals surface area (Å²) in [4.78, 5) is 22.5. The third-order valence-electron chi connectivity index (χ3n) is 3.62. The summed E-state index contributed by atoms with van der Waals surface area (Å²) in [6, 6.07) is 7.90. The van der Waals surface area contributed by atoms with E-state index >= 15 is 0 Å². The Morgan fingerprint density at radius 3 is 2.45 bits per heavy atom. The number of hydrogen-bond donors (Lipinski definition) is 2. The molecule has 3 aromatic rings.